The van der Waals surface area contributed by atoms with Gasteiger partial charge in [0.15, 0.2) is 0 Å². The molecule has 2 nitrogen and oxygen atoms in total. The predicted molar refractivity (Wildman–Crippen MR) is 42.2 cm³/mol. The quantitative estimate of drug-likeness (QED) is 0.587. The first kappa shape index (κ1) is 9.11. The lowest BCUT2D eigenvalue weighted by molar-refractivity contribution is 0.550. The second-order valence-electron chi connectivity index (χ2n) is 1.88. The van der Waals surface area contributed by atoms with Crippen molar-refractivity contribution in [3.63, 3.8) is 0 Å². The molecule has 0 fully saturated rings. The summed E-state index contributed by atoms with van der Waals surface area (Å²) in [6, 6.07) is -0.565. The van der Waals surface area contributed by atoms with Crippen LogP contribution >= 0.6 is 0 Å². The first-order chi connectivity index (χ1) is 4.81. The summed E-state index contributed by atoms with van der Waals surface area (Å²) in [4.78, 5) is 9.85. The Balaban J connectivity index is 3.44. The molecule has 0 spiro atoms. The largest absolute Gasteiger partial charge is 0.318 e. The van der Waals surface area contributed by atoms with E-state index < -0.39 is 6.04 Å². The first-order valence-corrected chi connectivity index (χ1v) is 3.22. The molecule has 2 heteroatoms. The Morgan fingerprint density at radius 2 is 2.30 bits per heavy atom. The monoisotopic (exact) mass is 138 g/mol. The molecule has 10 heavy (non-hydrogen) atoms. The summed E-state index contributed by atoms with van der Waals surface area (Å²) in [5, 5.41) is 0. The fourth-order valence-corrected chi connectivity index (χ4v) is 0.479. The van der Waals surface area contributed by atoms with E-state index in [-0.39, 0.29) is 0 Å². The molecule has 0 amide bonds. The van der Waals surface area contributed by atoms with Gasteiger partial charge in [-0.05, 0) is 13.3 Å². The lowest BCUT2D eigenvalue weighted by Gasteiger charge is -1.88. The number of rotatable bonds is 4. The fourth-order valence-electron chi connectivity index (χ4n) is 0.479. The standard InChI is InChI=1S/C8H12NO/c1-2-3-4-5-6-8(9)7-10/h2-3,5-6,8H,4,9H2,1H3. The summed E-state index contributed by atoms with van der Waals surface area (Å²) in [6.45, 7) is 1.94. The molecule has 0 aromatic carbocycles. The molecule has 0 aliphatic heterocycles. The van der Waals surface area contributed by atoms with E-state index in [1.165, 1.54) is 0 Å². The molecule has 1 unspecified atom stereocenters. The van der Waals surface area contributed by atoms with Gasteiger partial charge in [0.25, 0.3) is 0 Å². The number of carbonyl (C=O) groups excluding carboxylic acids is 1. The van der Waals surface area contributed by atoms with Crippen LogP contribution in [0.15, 0.2) is 24.3 Å². The summed E-state index contributed by atoms with van der Waals surface area (Å²) in [5.74, 6) is 0. The van der Waals surface area contributed by atoms with Gasteiger partial charge in [-0.1, -0.05) is 24.3 Å². The maximum absolute atomic E-state index is 9.85. The highest BCUT2D eigenvalue weighted by atomic mass is 16.1. The minimum Gasteiger partial charge on any atom is -0.318 e. The van der Waals surface area contributed by atoms with Gasteiger partial charge in [-0.25, -0.2) is 0 Å². The maximum Gasteiger partial charge on any atom is 0.220 e. The van der Waals surface area contributed by atoms with Crippen LogP contribution in [0.25, 0.3) is 0 Å². The Labute approximate surface area is 61.4 Å². The van der Waals surface area contributed by atoms with Gasteiger partial charge in [-0.2, -0.15) is 0 Å². The topological polar surface area (TPSA) is 43.1 Å². The van der Waals surface area contributed by atoms with E-state index in [0.29, 0.717) is 0 Å². The fraction of sp³-hybridized carbons (Fsp3) is 0.375. The number of hydrogen-bond donors (Lipinski definition) is 1. The number of nitrogens with two attached hydrogens (primary N) is 1. The highest BCUT2D eigenvalue weighted by Crippen LogP contribution is 1.86. The zero-order chi connectivity index (χ0) is 7.82. The van der Waals surface area contributed by atoms with E-state index in [2.05, 4.69) is 0 Å². The molecule has 0 saturated carbocycles. The summed E-state index contributed by atoms with van der Waals surface area (Å²) in [5.41, 5.74) is 5.22. The van der Waals surface area contributed by atoms with Crippen molar-refractivity contribution >= 4 is 6.29 Å². The average molecular weight is 138 g/mol. The van der Waals surface area contributed by atoms with E-state index in [1.807, 2.05) is 25.2 Å². The van der Waals surface area contributed by atoms with Crippen LogP contribution in [0.3, 0.4) is 0 Å². The first-order valence-electron chi connectivity index (χ1n) is 3.22. The zero-order valence-corrected chi connectivity index (χ0v) is 6.08. The minimum absolute atomic E-state index is 0.565. The molecular weight excluding hydrogens is 126 g/mol. The molecular formula is C8H12NO. The molecule has 0 aliphatic carbocycles. The summed E-state index contributed by atoms with van der Waals surface area (Å²) in [6.07, 6.45) is 9.88. The molecule has 0 bridgehead atoms. The van der Waals surface area contributed by atoms with Gasteiger partial charge in [0, 0.05) is 0 Å². The van der Waals surface area contributed by atoms with Crippen molar-refractivity contribution in [2.24, 2.45) is 5.73 Å². The van der Waals surface area contributed by atoms with Gasteiger partial charge in [-0.15, -0.1) is 0 Å². The van der Waals surface area contributed by atoms with Crippen LogP contribution in [0.4, 0.5) is 0 Å². The molecule has 55 valence electrons. The zero-order valence-electron chi connectivity index (χ0n) is 6.08. The molecule has 0 aromatic rings. The van der Waals surface area contributed by atoms with Gasteiger partial charge >= 0.3 is 0 Å². The lowest BCUT2D eigenvalue weighted by Crippen LogP contribution is -2.17. The van der Waals surface area contributed by atoms with Crippen molar-refractivity contribution < 1.29 is 4.79 Å². The highest BCUT2D eigenvalue weighted by molar-refractivity contribution is 5.61. The van der Waals surface area contributed by atoms with Crippen LogP contribution in [0, 0.1) is 0 Å². The molecule has 1 atom stereocenters. The molecule has 1 radical (unpaired) electrons. The SMILES string of the molecule is CC=CCC=CC(N)[C]=O. The van der Waals surface area contributed by atoms with Crippen LogP contribution in [0.1, 0.15) is 13.3 Å². The van der Waals surface area contributed by atoms with E-state index >= 15 is 0 Å². The van der Waals surface area contributed by atoms with Crippen molar-refractivity contribution in [2.45, 2.75) is 19.4 Å². The summed E-state index contributed by atoms with van der Waals surface area (Å²) in [7, 11) is 0. The van der Waals surface area contributed by atoms with E-state index in [9.17, 15) is 4.79 Å². The molecule has 0 aromatic heterocycles. The number of allylic oxidation sites excluding steroid dienone is 3. The predicted octanol–water partition coefficient (Wildman–Crippen LogP) is 0.946. The Hall–Kier alpha value is -0.890. The van der Waals surface area contributed by atoms with Crippen LogP contribution in [-0.2, 0) is 4.79 Å². The van der Waals surface area contributed by atoms with Gasteiger partial charge in [0.05, 0.1) is 6.04 Å². The Kier molecular flexibility index (Phi) is 5.68. The third kappa shape index (κ3) is 5.25. The highest BCUT2D eigenvalue weighted by Gasteiger charge is 1.89. The average Bonchev–Trinajstić information content (AvgIpc) is 1.98. The van der Waals surface area contributed by atoms with Gasteiger partial charge in [-0.3, -0.25) is 4.79 Å². The van der Waals surface area contributed by atoms with Crippen LogP contribution < -0.4 is 5.73 Å². The van der Waals surface area contributed by atoms with Crippen LogP contribution in [0.5, 0.6) is 0 Å². The minimum atomic E-state index is -0.565. The Bertz CT molecular complexity index is 138. The van der Waals surface area contributed by atoms with E-state index in [4.69, 9.17) is 5.73 Å². The van der Waals surface area contributed by atoms with E-state index in [0.717, 1.165) is 6.42 Å². The van der Waals surface area contributed by atoms with Crippen molar-refractivity contribution in [1.82, 2.24) is 0 Å². The third-order valence-electron chi connectivity index (χ3n) is 0.987. The summed E-state index contributed by atoms with van der Waals surface area (Å²) < 4.78 is 0. The van der Waals surface area contributed by atoms with Gasteiger partial charge in [0.1, 0.15) is 0 Å². The lowest BCUT2D eigenvalue weighted by atomic mass is 10.3. The van der Waals surface area contributed by atoms with Crippen LogP contribution in [-0.4, -0.2) is 12.3 Å². The smallest absolute Gasteiger partial charge is 0.220 e. The second kappa shape index (κ2) is 6.23. The van der Waals surface area contributed by atoms with Crippen molar-refractivity contribution in [3.05, 3.63) is 24.3 Å². The molecule has 0 saturated heterocycles. The molecule has 2 N–H and O–H groups in total. The maximum atomic E-state index is 9.85. The Morgan fingerprint density at radius 3 is 2.80 bits per heavy atom. The molecule has 0 heterocycles. The van der Waals surface area contributed by atoms with Crippen LogP contribution in [0.2, 0.25) is 0 Å². The number of hydrogen-bond acceptors (Lipinski definition) is 2. The van der Waals surface area contributed by atoms with E-state index in [1.54, 1.807) is 12.4 Å². The van der Waals surface area contributed by atoms with Gasteiger partial charge in [0.2, 0.25) is 6.29 Å². The second-order valence-corrected chi connectivity index (χ2v) is 1.88. The summed E-state index contributed by atoms with van der Waals surface area (Å²) >= 11 is 0. The molecule has 0 rings (SSSR count). The van der Waals surface area contributed by atoms with Gasteiger partial charge < -0.3 is 5.73 Å². The van der Waals surface area contributed by atoms with Crippen molar-refractivity contribution in [3.8, 4) is 0 Å². The normalized spacial score (nSPS) is 14.6. The Morgan fingerprint density at radius 1 is 1.60 bits per heavy atom. The van der Waals surface area contributed by atoms with Crippen molar-refractivity contribution in [1.29, 1.82) is 0 Å². The molecule has 0 aliphatic rings. The van der Waals surface area contributed by atoms with Crippen molar-refractivity contribution in [2.75, 3.05) is 0 Å². The third-order valence-corrected chi connectivity index (χ3v) is 0.987.